The van der Waals surface area contributed by atoms with Gasteiger partial charge in [0.2, 0.25) is 0 Å². The van der Waals surface area contributed by atoms with Gasteiger partial charge >= 0.3 is 6.18 Å². The molecule has 0 bridgehead atoms. The van der Waals surface area contributed by atoms with Crippen LogP contribution in [0.15, 0.2) is 47.3 Å². The highest BCUT2D eigenvalue weighted by Crippen LogP contribution is 2.40. The highest BCUT2D eigenvalue weighted by molar-refractivity contribution is 5.66. The fraction of sp³-hybridized carbons (Fsp3) is 0.353. The van der Waals surface area contributed by atoms with Crippen molar-refractivity contribution in [2.75, 3.05) is 13.7 Å². The molecule has 0 fully saturated rings. The van der Waals surface area contributed by atoms with Gasteiger partial charge in [0.15, 0.2) is 0 Å². The molecule has 0 aromatic carbocycles. The van der Waals surface area contributed by atoms with Crippen molar-refractivity contribution in [1.29, 1.82) is 0 Å². The standard InChI is InChI=1S/C17H21F3N4/c1-4-12(13(5-2)17(18,19)20)14-9-11-7-6-8-22-15(11)16(23-10-21)24(14)3/h4-9,16,23H,10,21H2,1-3H3/b12-4+,13-5+. The van der Waals surface area contributed by atoms with E-state index in [0.717, 1.165) is 17.3 Å². The van der Waals surface area contributed by atoms with Gasteiger partial charge in [-0.3, -0.25) is 10.3 Å². The van der Waals surface area contributed by atoms with Crippen molar-refractivity contribution in [3.8, 4) is 0 Å². The smallest absolute Gasteiger partial charge is 0.353 e. The molecular formula is C17H21F3N4. The first kappa shape index (κ1) is 18.2. The van der Waals surface area contributed by atoms with Crippen molar-refractivity contribution < 1.29 is 13.2 Å². The monoisotopic (exact) mass is 338 g/mol. The predicted molar refractivity (Wildman–Crippen MR) is 88.5 cm³/mol. The zero-order valence-corrected chi connectivity index (χ0v) is 13.9. The van der Waals surface area contributed by atoms with Gasteiger partial charge in [-0.2, -0.15) is 13.2 Å². The van der Waals surface area contributed by atoms with E-state index in [1.54, 1.807) is 37.2 Å². The quantitative estimate of drug-likeness (QED) is 0.653. The van der Waals surface area contributed by atoms with Crippen LogP contribution in [0.3, 0.4) is 0 Å². The normalized spacial score (nSPS) is 19.2. The molecule has 1 atom stereocenters. The first-order valence-electron chi connectivity index (χ1n) is 7.58. The van der Waals surface area contributed by atoms with Crippen molar-refractivity contribution in [1.82, 2.24) is 15.2 Å². The molecule has 2 rings (SSSR count). The van der Waals surface area contributed by atoms with Crippen LogP contribution in [-0.4, -0.2) is 29.8 Å². The number of rotatable bonds is 4. The lowest BCUT2D eigenvalue weighted by Crippen LogP contribution is -2.41. The van der Waals surface area contributed by atoms with E-state index in [-0.39, 0.29) is 12.2 Å². The molecule has 24 heavy (non-hydrogen) atoms. The lowest BCUT2D eigenvalue weighted by atomic mass is 9.95. The summed E-state index contributed by atoms with van der Waals surface area (Å²) in [6.07, 6.45) is 1.12. The van der Waals surface area contributed by atoms with E-state index < -0.39 is 17.9 Å². The Bertz CT molecular complexity index is 689. The summed E-state index contributed by atoms with van der Waals surface area (Å²) in [7, 11) is 1.73. The summed E-state index contributed by atoms with van der Waals surface area (Å²) in [6, 6.07) is 3.59. The van der Waals surface area contributed by atoms with Crippen LogP contribution in [-0.2, 0) is 0 Å². The Morgan fingerprint density at radius 1 is 1.38 bits per heavy atom. The van der Waals surface area contributed by atoms with Crippen LogP contribution in [0.25, 0.3) is 6.08 Å². The third kappa shape index (κ3) is 3.37. The summed E-state index contributed by atoms with van der Waals surface area (Å²) in [5, 5.41) is 3.07. The molecule has 0 spiro atoms. The predicted octanol–water partition coefficient (Wildman–Crippen LogP) is 3.33. The van der Waals surface area contributed by atoms with Crippen molar-refractivity contribution in [3.63, 3.8) is 0 Å². The van der Waals surface area contributed by atoms with Gasteiger partial charge in [0.1, 0.15) is 6.17 Å². The minimum Gasteiger partial charge on any atom is -0.353 e. The molecule has 130 valence electrons. The fourth-order valence-electron chi connectivity index (χ4n) is 2.88. The van der Waals surface area contributed by atoms with E-state index in [2.05, 4.69) is 10.3 Å². The molecule has 1 aliphatic heterocycles. The summed E-state index contributed by atoms with van der Waals surface area (Å²) >= 11 is 0. The SMILES string of the molecule is C/C=C(C1=Cc2cccnc2C(NCN)N1C)\C(=C/C)C(F)(F)F. The van der Waals surface area contributed by atoms with Crippen molar-refractivity contribution in [3.05, 3.63) is 58.6 Å². The van der Waals surface area contributed by atoms with Crippen molar-refractivity contribution in [2.45, 2.75) is 26.2 Å². The molecule has 1 aliphatic rings. The van der Waals surface area contributed by atoms with Gasteiger partial charge in [-0.15, -0.1) is 0 Å². The average molecular weight is 338 g/mol. The van der Waals surface area contributed by atoms with E-state index in [1.807, 2.05) is 6.07 Å². The Labute approximate surface area is 139 Å². The Hall–Kier alpha value is -2.12. The van der Waals surface area contributed by atoms with Crippen LogP contribution in [0.4, 0.5) is 13.2 Å². The molecule has 3 N–H and O–H groups in total. The lowest BCUT2D eigenvalue weighted by molar-refractivity contribution is -0.0895. The summed E-state index contributed by atoms with van der Waals surface area (Å²) in [4.78, 5) is 6.07. The molecule has 7 heteroatoms. The van der Waals surface area contributed by atoms with Gasteiger partial charge in [0.25, 0.3) is 0 Å². The third-order valence-corrected chi connectivity index (χ3v) is 3.95. The second kappa shape index (κ2) is 7.19. The van der Waals surface area contributed by atoms with Crippen LogP contribution < -0.4 is 11.1 Å². The number of allylic oxidation sites excluding steroid dienone is 3. The molecule has 0 radical (unpaired) electrons. The Morgan fingerprint density at radius 2 is 2.08 bits per heavy atom. The molecule has 0 saturated carbocycles. The molecule has 2 heterocycles. The summed E-state index contributed by atoms with van der Waals surface area (Å²) < 4.78 is 40.1. The van der Waals surface area contributed by atoms with Crippen LogP contribution >= 0.6 is 0 Å². The van der Waals surface area contributed by atoms with Crippen molar-refractivity contribution >= 4 is 6.08 Å². The molecule has 4 nitrogen and oxygen atoms in total. The molecule has 0 amide bonds. The molecule has 1 aromatic rings. The first-order valence-corrected chi connectivity index (χ1v) is 7.58. The van der Waals surface area contributed by atoms with Gasteiger partial charge in [-0.05, 0) is 26.0 Å². The second-order valence-corrected chi connectivity index (χ2v) is 5.33. The average Bonchev–Trinajstić information content (AvgIpc) is 2.54. The zero-order valence-electron chi connectivity index (χ0n) is 13.9. The number of hydrogen-bond acceptors (Lipinski definition) is 4. The molecule has 1 aromatic heterocycles. The second-order valence-electron chi connectivity index (χ2n) is 5.33. The molecule has 1 unspecified atom stereocenters. The minimum atomic E-state index is -4.43. The Kier molecular flexibility index (Phi) is 5.46. The maximum Gasteiger partial charge on any atom is 0.416 e. The number of pyridine rings is 1. The van der Waals surface area contributed by atoms with Gasteiger partial charge in [-0.1, -0.05) is 18.2 Å². The number of halogens is 3. The van der Waals surface area contributed by atoms with E-state index in [1.165, 1.54) is 13.0 Å². The molecule has 0 saturated heterocycles. The van der Waals surface area contributed by atoms with Crippen molar-refractivity contribution in [2.24, 2.45) is 5.73 Å². The van der Waals surface area contributed by atoms with E-state index in [4.69, 9.17) is 5.73 Å². The van der Waals surface area contributed by atoms with E-state index in [9.17, 15) is 13.2 Å². The topological polar surface area (TPSA) is 54.2 Å². The number of nitrogens with zero attached hydrogens (tertiary/aromatic N) is 2. The number of nitrogens with one attached hydrogen (secondary N) is 1. The van der Waals surface area contributed by atoms with Gasteiger partial charge < -0.3 is 10.6 Å². The maximum absolute atomic E-state index is 13.4. The molecular weight excluding hydrogens is 317 g/mol. The largest absolute Gasteiger partial charge is 0.416 e. The number of fused-ring (bicyclic) bond motifs is 1. The van der Waals surface area contributed by atoms with Gasteiger partial charge in [-0.25, -0.2) is 0 Å². The fourth-order valence-corrected chi connectivity index (χ4v) is 2.88. The van der Waals surface area contributed by atoms with E-state index in [0.29, 0.717) is 5.70 Å². The number of alkyl halides is 3. The summed E-state index contributed by atoms with van der Waals surface area (Å²) in [6.45, 7) is 3.17. The highest BCUT2D eigenvalue weighted by Gasteiger charge is 2.38. The van der Waals surface area contributed by atoms with Gasteiger partial charge in [0.05, 0.1) is 11.3 Å². The summed E-state index contributed by atoms with van der Waals surface area (Å²) in [5.74, 6) is 0. The lowest BCUT2D eigenvalue weighted by Gasteiger charge is -2.37. The summed E-state index contributed by atoms with van der Waals surface area (Å²) in [5.41, 5.74) is 7.04. The number of hydrogen-bond donors (Lipinski definition) is 2. The molecule has 0 aliphatic carbocycles. The van der Waals surface area contributed by atoms with E-state index >= 15 is 0 Å². The van der Waals surface area contributed by atoms with Crippen LogP contribution in [0.2, 0.25) is 0 Å². The number of aromatic nitrogens is 1. The Balaban J connectivity index is 2.59. The highest BCUT2D eigenvalue weighted by atomic mass is 19.4. The third-order valence-electron chi connectivity index (χ3n) is 3.95. The minimum absolute atomic E-state index is 0.130. The number of likely N-dealkylation sites (N-methyl/N-ethyl adjacent to an activating group) is 1. The van der Waals surface area contributed by atoms with Crippen LogP contribution in [0.1, 0.15) is 31.3 Å². The van der Waals surface area contributed by atoms with Crippen LogP contribution in [0.5, 0.6) is 0 Å². The zero-order chi connectivity index (χ0) is 17.9. The Morgan fingerprint density at radius 3 is 2.62 bits per heavy atom. The first-order chi connectivity index (χ1) is 11.3. The van der Waals surface area contributed by atoms with Gasteiger partial charge in [0, 0.05) is 36.7 Å². The number of nitrogens with two attached hydrogens (primary N) is 1. The van der Waals surface area contributed by atoms with Crippen LogP contribution in [0, 0.1) is 0 Å². The maximum atomic E-state index is 13.4.